The SMILES string of the molecule is COc1ccc(N2C(=O)NC(=O)/C(=C/c3ccn(C)c3)C2=O)c(OC)c1. The zero-order valence-electron chi connectivity index (χ0n) is 14.5. The van der Waals surface area contributed by atoms with Gasteiger partial charge >= 0.3 is 6.03 Å². The van der Waals surface area contributed by atoms with Crippen LogP contribution < -0.4 is 19.7 Å². The summed E-state index contributed by atoms with van der Waals surface area (Å²) in [7, 11) is 4.73. The van der Waals surface area contributed by atoms with Crippen molar-refractivity contribution in [2.24, 2.45) is 7.05 Å². The largest absolute Gasteiger partial charge is 0.497 e. The molecule has 8 heteroatoms. The summed E-state index contributed by atoms with van der Waals surface area (Å²) < 4.78 is 12.2. The predicted octanol–water partition coefficient (Wildman–Crippen LogP) is 1.71. The van der Waals surface area contributed by atoms with E-state index in [4.69, 9.17) is 9.47 Å². The summed E-state index contributed by atoms with van der Waals surface area (Å²) in [5.41, 5.74) is 0.734. The third-order valence-corrected chi connectivity index (χ3v) is 3.90. The minimum atomic E-state index is -0.839. The lowest BCUT2D eigenvalue weighted by Crippen LogP contribution is -2.54. The van der Waals surface area contributed by atoms with E-state index in [1.807, 2.05) is 7.05 Å². The van der Waals surface area contributed by atoms with Gasteiger partial charge in [0, 0.05) is 25.5 Å². The zero-order valence-corrected chi connectivity index (χ0v) is 14.5. The van der Waals surface area contributed by atoms with Crippen LogP contribution in [0.3, 0.4) is 0 Å². The first-order valence-electron chi connectivity index (χ1n) is 7.70. The molecule has 3 rings (SSSR count). The first-order valence-corrected chi connectivity index (χ1v) is 7.70. The van der Waals surface area contributed by atoms with Crippen LogP contribution in [-0.2, 0) is 16.6 Å². The molecule has 0 aliphatic carbocycles. The second-order valence-corrected chi connectivity index (χ2v) is 5.61. The van der Waals surface area contributed by atoms with Crippen LogP contribution in [0.2, 0.25) is 0 Å². The molecular weight excluding hydrogens is 338 g/mol. The smallest absolute Gasteiger partial charge is 0.336 e. The Morgan fingerprint density at radius 3 is 2.46 bits per heavy atom. The van der Waals surface area contributed by atoms with Crippen molar-refractivity contribution in [1.29, 1.82) is 0 Å². The minimum absolute atomic E-state index is 0.145. The molecule has 0 saturated carbocycles. The zero-order chi connectivity index (χ0) is 18.8. The lowest BCUT2D eigenvalue weighted by molar-refractivity contribution is -0.122. The molecule has 0 atom stereocenters. The number of amides is 4. The summed E-state index contributed by atoms with van der Waals surface area (Å²) in [6.45, 7) is 0. The molecule has 1 aromatic carbocycles. The average Bonchev–Trinajstić information content (AvgIpc) is 3.03. The predicted molar refractivity (Wildman–Crippen MR) is 94.0 cm³/mol. The number of nitrogens with one attached hydrogen (secondary N) is 1. The van der Waals surface area contributed by atoms with E-state index in [0.717, 1.165) is 4.90 Å². The van der Waals surface area contributed by atoms with E-state index in [9.17, 15) is 14.4 Å². The number of aromatic nitrogens is 1. The number of benzene rings is 1. The summed E-state index contributed by atoms with van der Waals surface area (Å²) in [5.74, 6) is -0.702. The van der Waals surface area contributed by atoms with Gasteiger partial charge in [0.05, 0.1) is 19.9 Å². The van der Waals surface area contributed by atoms with E-state index in [-0.39, 0.29) is 17.0 Å². The molecule has 1 aromatic heterocycles. The lowest BCUT2D eigenvalue weighted by atomic mass is 10.1. The van der Waals surface area contributed by atoms with Crippen molar-refractivity contribution in [3.63, 3.8) is 0 Å². The molecule has 0 unspecified atom stereocenters. The summed E-state index contributed by atoms with van der Waals surface area (Å²) in [6.07, 6.45) is 4.97. The van der Waals surface area contributed by atoms with Crippen molar-refractivity contribution in [3.8, 4) is 11.5 Å². The average molecular weight is 355 g/mol. The highest BCUT2D eigenvalue weighted by atomic mass is 16.5. The van der Waals surface area contributed by atoms with Crippen LogP contribution in [0.5, 0.6) is 11.5 Å². The first-order chi connectivity index (χ1) is 12.4. The Kier molecular flexibility index (Phi) is 4.49. The molecule has 134 valence electrons. The fraction of sp³-hybridized carbons (Fsp3) is 0.167. The Morgan fingerprint density at radius 2 is 1.85 bits per heavy atom. The molecule has 1 saturated heterocycles. The number of carbonyl (C=O) groups is 3. The number of hydrogen-bond acceptors (Lipinski definition) is 5. The fourth-order valence-electron chi connectivity index (χ4n) is 2.62. The highest BCUT2D eigenvalue weighted by Gasteiger charge is 2.38. The number of urea groups is 1. The second-order valence-electron chi connectivity index (χ2n) is 5.61. The molecule has 2 aromatic rings. The summed E-state index contributed by atoms with van der Waals surface area (Å²) in [6, 6.07) is 5.57. The standard InChI is InChI=1S/C18H17N3O5/c1-20-7-6-11(10-20)8-13-16(22)19-18(24)21(17(13)23)14-5-4-12(25-2)9-15(14)26-3/h4-10H,1-3H3,(H,19,22,24)/b13-8-. The fourth-order valence-corrected chi connectivity index (χ4v) is 2.62. The maximum absolute atomic E-state index is 12.9. The van der Waals surface area contributed by atoms with E-state index in [0.29, 0.717) is 11.3 Å². The van der Waals surface area contributed by atoms with Crippen LogP contribution in [-0.4, -0.2) is 36.6 Å². The summed E-state index contributed by atoms with van der Waals surface area (Å²) >= 11 is 0. The minimum Gasteiger partial charge on any atom is -0.497 e. The maximum atomic E-state index is 12.9. The Labute approximate surface area is 149 Å². The van der Waals surface area contributed by atoms with Crippen LogP contribution in [0.1, 0.15) is 5.56 Å². The number of methoxy groups -OCH3 is 2. The Balaban J connectivity index is 2.05. The monoisotopic (exact) mass is 355 g/mol. The Morgan fingerprint density at radius 1 is 1.08 bits per heavy atom. The number of ether oxygens (including phenoxy) is 2. The van der Waals surface area contributed by atoms with Gasteiger partial charge in [-0.1, -0.05) is 0 Å². The van der Waals surface area contributed by atoms with Crippen LogP contribution in [0.4, 0.5) is 10.5 Å². The number of nitrogens with zero attached hydrogens (tertiary/aromatic N) is 2. The topological polar surface area (TPSA) is 89.9 Å². The molecule has 2 heterocycles. The maximum Gasteiger partial charge on any atom is 0.336 e. The third-order valence-electron chi connectivity index (χ3n) is 3.90. The van der Waals surface area contributed by atoms with Gasteiger partial charge in [0.2, 0.25) is 0 Å². The number of carbonyl (C=O) groups excluding carboxylic acids is 3. The van der Waals surface area contributed by atoms with Gasteiger partial charge in [-0.25, -0.2) is 9.69 Å². The molecule has 0 spiro atoms. The van der Waals surface area contributed by atoms with Crippen LogP contribution in [0, 0.1) is 0 Å². The molecule has 1 fully saturated rings. The van der Waals surface area contributed by atoms with Gasteiger partial charge in [0.1, 0.15) is 17.1 Å². The van der Waals surface area contributed by atoms with E-state index in [2.05, 4.69) is 5.32 Å². The van der Waals surface area contributed by atoms with Gasteiger partial charge in [-0.3, -0.25) is 14.9 Å². The van der Waals surface area contributed by atoms with Crippen LogP contribution in [0.25, 0.3) is 6.08 Å². The molecule has 1 aliphatic heterocycles. The first kappa shape index (κ1) is 17.3. The summed E-state index contributed by atoms with van der Waals surface area (Å²) in [5, 5.41) is 2.18. The van der Waals surface area contributed by atoms with Gasteiger partial charge in [-0.2, -0.15) is 0 Å². The van der Waals surface area contributed by atoms with Crippen molar-refractivity contribution < 1.29 is 23.9 Å². The molecule has 1 aliphatic rings. The molecule has 8 nitrogen and oxygen atoms in total. The third kappa shape index (κ3) is 3.04. The number of anilines is 1. The van der Waals surface area contributed by atoms with Crippen LogP contribution >= 0.6 is 0 Å². The number of barbiturate groups is 1. The quantitative estimate of drug-likeness (QED) is 0.666. The van der Waals surface area contributed by atoms with Gasteiger partial charge in [0.15, 0.2) is 0 Å². The number of rotatable bonds is 4. The summed E-state index contributed by atoms with van der Waals surface area (Å²) in [4.78, 5) is 38.2. The molecule has 26 heavy (non-hydrogen) atoms. The van der Waals surface area contributed by atoms with Gasteiger partial charge in [-0.05, 0) is 29.8 Å². The molecule has 1 N–H and O–H groups in total. The van der Waals surface area contributed by atoms with Gasteiger partial charge in [-0.15, -0.1) is 0 Å². The second kappa shape index (κ2) is 6.75. The van der Waals surface area contributed by atoms with Gasteiger partial charge < -0.3 is 14.0 Å². The Hall–Kier alpha value is -3.55. The normalized spacial score (nSPS) is 16.0. The number of aryl methyl sites for hydroxylation is 1. The Bertz CT molecular complexity index is 929. The van der Waals surface area contributed by atoms with Crippen LogP contribution in [0.15, 0.2) is 42.2 Å². The molecule has 4 amide bonds. The molecule has 0 bridgehead atoms. The van der Waals surface area contributed by atoms with Gasteiger partial charge in [0.25, 0.3) is 11.8 Å². The van der Waals surface area contributed by atoms with Crippen molar-refractivity contribution in [1.82, 2.24) is 9.88 Å². The number of imide groups is 2. The van der Waals surface area contributed by atoms with Crippen molar-refractivity contribution in [3.05, 3.63) is 47.8 Å². The van der Waals surface area contributed by atoms with Crippen molar-refractivity contribution in [2.45, 2.75) is 0 Å². The van der Waals surface area contributed by atoms with Crippen molar-refractivity contribution in [2.75, 3.05) is 19.1 Å². The molecule has 0 radical (unpaired) electrons. The highest BCUT2D eigenvalue weighted by molar-refractivity contribution is 6.39. The van der Waals surface area contributed by atoms with E-state index in [1.54, 1.807) is 35.2 Å². The van der Waals surface area contributed by atoms with Crippen molar-refractivity contribution >= 4 is 29.6 Å². The van der Waals surface area contributed by atoms with E-state index >= 15 is 0 Å². The van der Waals surface area contributed by atoms with E-state index in [1.165, 1.54) is 26.4 Å². The number of hydrogen-bond donors (Lipinski definition) is 1. The van der Waals surface area contributed by atoms with E-state index < -0.39 is 17.8 Å². The lowest BCUT2D eigenvalue weighted by Gasteiger charge is -2.27. The highest BCUT2D eigenvalue weighted by Crippen LogP contribution is 2.34. The molecular formula is C18H17N3O5.